The fourth-order valence-corrected chi connectivity index (χ4v) is 4.78. The number of H-pyrrole nitrogens is 2. The second-order valence-electron chi connectivity index (χ2n) is 7.82. The van der Waals surface area contributed by atoms with Gasteiger partial charge in [-0.05, 0) is 45.2 Å². The van der Waals surface area contributed by atoms with Crippen molar-refractivity contribution in [2.75, 3.05) is 24.5 Å². The summed E-state index contributed by atoms with van der Waals surface area (Å²) in [6, 6.07) is 2.17. The number of imidazole rings is 1. The van der Waals surface area contributed by atoms with Gasteiger partial charge in [-0.3, -0.25) is 0 Å². The molecule has 1 unspecified atom stereocenters. The molecule has 2 fully saturated rings. The van der Waals surface area contributed by atoms with Crippen LogP contribution in [0.25, 0.3) is 22.3 Å². The number of hydrogen-bond donors (Lipinski definition) is 3. The molecule has 1 spiro atoms. The number of aromatic amines is 2. The summed E-state index contributed by atoms with van der Waals surface area (Å²) < 4.78 is 0. The van der Waals surface area contributed by atoms with E-state index in [0.29, 0.717) is 0 Å². The second-order valence-corrected chi connectivity index (χ2v) is 7.82. The molecule has 136 valence electrons. The van der Waals surface area contributed by atoms with Gasteiger partial charge in [-0.1, -0.05) is 6.42 Å². The van der Waals surface area contributed by atoms with Crippen LogP contribution < -0.4 is 10.2 Å². The number of aryl methyl sites for hydroxylation is 1. The number of nitrogens with zero attached hydrogens (tertiary/aromatic N) is 3. The number of nitrogens with one attached hydrogen (secondary N) is 3. The van der Waals surface area contributed by atoms with Crippen LogP contribution in [-0.2, 0) is 0 Å². The quantitative estimate of drug-likeness (QED) is 0.662. The summed E-state index contributed by atoms with van der Waals surface area (Å²) in [5, 5.41) is 5.03. The number of piperidine rings is 2. The Hall–Kier alpha value is -2.34. The van der Waals surface area contributed by atoms with E-state index in [1.165, 1.54) is 43.2 Å². The predicted octanol–water partition coefficient (Wildman–Crippen LogP) is 3.37. The zero-order chi connectivity index (χ0) is 17.6. The molecule has 3 aromatic heterocycles. The fourth-order valence-electron chi connectivity index (χ4n) is 4.78. The molecule has 6 nitrogen and oxygen atoms in total. The highest BCUT2D eigenvalue weighted by Gasteiger charge is 2.37. The third-order valence-electron chi connectivity index (χ3n) is 6.03. The first kappa shape index (κ1) is 15.9. The van der Waals surface area contributed by atoms with Crippen LogP contribution in [0.15, 0.2) is 24.7 Å². The number of hydrogen-bond acceptors (Lipinski definition) is 4. The molecule has 0 bridgehead atoms. The SMILES string of the molecule is Cc1nc(-c2c[nH]c3nccc(N4CCCC5(CCCCN5)C4)c23)c[nH]1. The highest BCUT2D eigenvalue weighted by Crippen LogP contribution is 2.38. The molecular formula is C20H26N6. The van der Waals surface area contributed by atoms with E-state index in [1.54, 1.807) is 0 Å². The zero-order valence-electron chi connectivity index (χ0n) is 15.3. The molecule has 0 aromatic carbocycles. The molecule has 2 saturated heterocycles. The van der Waals surface area contributed by atoms with Gasteiger partial charge >= 0.3 is 0 Å². The Morgan fingerprint density at radius 1 is 1.12 bits per heavy atom. The monoisotopic (exact) mass is 350 g/mol. The molecular weight excluding hydrogens is 324 g/mol. The van der Waals surface area contributed by atoms with Gasteiger partial charge in [0.05, 0.1) is 16.8 Å². The Balaban J connectivity index is 1.57. The van der Waals surface area contributed by atoms with E-state index in [0.717, 1.165) is 42.4 Å². The van der Waals surface area contributed by atoms with Crippen LogP contribution in [0.4, 0.5) is 5.69 Å². The lowest BCUT2D eigenvalue weighted by Gasteiger charge is -2.47. The molecule has 0 amide bonds. The van der Waals surface area contributed by atoms with E-state index in [2.05, 4.69) is 36.2 Å². The van der Waals surface area contributed by atoms with Gasteiger partial charge in [0.2, 0.25) is 0 Å². The van der Waals surface area contributed by atoms with Crippen LogP contribution in [0.1, 0.15) is 37.9 Å². The smallest absolute Gasteiger partial charge is 0.140 e. The van der Waals surface area contributed by atoms with Gasteiger partial charge in [0.15, 0.2) is 0 Å². The van der Waals surface area contributed by atoms with Crippen molar-refractivity contribution in [3.8, 4) is 11.3 Å². The maximum absolute atomic E-state index is 4.64. The summed E-state index contributed by atoms with van der Waals surface area (Å²) in [7, 11) is 0. The van der Waals surface area contributed by atoms with Gasteiger partial charge in [0.25, 0.3) is 0 Å². The van der Waals surface area contributed by atoms with E-state index >= 15 is 0 Å². The summed E-state index contributed by atoms with van der Waals surface area (Å²) in [6.07, 6.45) is 12.4. The number of pyridine rings is 1. The predicted molar refractivity (Wildman–Crippen MR) is 104 cm³/mol. The molecule has 0 saturated carbocycles. The highest BCUT2D eigenvalue weighted by molar-refractivity contribution is 6.01. The van der Waals surface area contributed by atoms with Crippen LogP contribution in [-0.4, -0.2) is 45.1 Å². The standard InChI is InChI=1S/C20H26N6/c1-14-22-12-16(25-14)15-11-23-19-18(15)17(5-9-21-19)26-10-4-7-20(13-26)6-2-3-8-24-20/h5,9,11-12,24H,2-4,6-8,10,13H2,1H3,(H,21,23)(H,22,25). The molecule has 3 N–H and O–H groups in total. The summed E-state index contributed by atoms with van der Waals surface area (Å²) in [5.41, 5.74) is 4.60. The fraction of sp³-hybridized carbons (Fsp3) is 0.500. The molecule has 6 heteroatoms. The third-order valence-corrected chi connectivity index (χ3v) is 6.03. The molecule has 2 aliphatic heterocycles. The normalized spacial score (nSPS) is 23.8. The number of anilines is 1. The van der Waals surface area contributed by atoms with Crippen molar-refractivity contribution < 1.29 is 0 Å². The molecule has 0 aliphatic carbocycles. The Bertz CT molecular complexity index is 912. The first-order valence-corrected chi connectivity index (χ1v) is 9.73. The largest absolute Gasteiger partial charge is 0.369 e. The molecule has 5 heterocycles. The van der Waals surface area contributed by atoms with Gasteiger partial charge in [0.1, 0.15) is 11.5 Å². The van der Waals surface area contributed by atoms with Gasteiger partial charge in [0, 0.05) is 42.8 Å². The van der Waals surface area contributed by atoms with Crippen molar-refractivity contribution in [1.29, 1.82) is 0 Å². The van der Waals surface area contributed by atoms with Crippen LogP contribution in [0.3, 0.4) is 0 Å². The van der Waals surface area contributed by atoms with Crippen molar-refractivity contribution >= 4 is 16.7 Å². The maximum atomic E-state index is 4.64. The summed E-state index contributed by atoms with van der Waals surface area (Å²) in [6.45, 7) is 5.32. The molecule has 3 aromatic rings. The van der Waals surface area contributed by atoms with Crippen LogP contribution in [0.5, 0.6) is 0 Å². The first-order valence-electron chi connectivity index (χ1n) is 9.73. The lowest BCUT2D eigenvalue weighted by atomic mass is 9.81. The second kappa shape index (κ2) is 6.13. The van der Waals surface area contributed by atoms with Gasteiger partial charge in [-0.2, -0.15) is 0 Å². The van der Waals surface area contributed by atoms with E-state index < -0.39 is 0 Å². The third kappa shape index (κ3) is 2.60. The van der Waals surface area contributed by atoms with Crippen LogP contribution in [0.2, 0.25) is 0 Å². The van der Waals surface area contributed by atoms with Gasteiger partial charge in [-0.15, -0.1) is 0 Å². The van der Waals surface area contributed by atoms with E-state index in [4.69, 9.17) is 0 Å². The van der Waals surface area contributed by atoms with Crippen LogP contribution in [0, 0.1) is 6.92 Å². The first-order chi connectivity index (χ1) is 12.7. The molecule has 2 aliphatic rings. The summed E-state index contributed by atoms with van der Waals surface area (Å²) in [4.78, 5) is 18.3. The van der Waals surface area contributed by atoms with Gasteiger partial charge < -0.3 is 20.2 Å². The van der Waals surface area contributed by atoms with Crippen molar-refractivity contribution in [2.24, 2.45) is 0 Å². The molecule has 26 heavy (non-hydrogen) atoms. The van der Waals surface area contributed by atoms with Crippen molar-refractivity contribution in [1.82, 2.24) is 25.3 Å². The lowest BCUT2D eigenvalue weighted by molar-refractivity contribution is 0.216. The minimum Gasteiger partial charge on any atom is -0.369 e. The maximum Gasteiger partial charge on any atom is 0.140 e. The molecule has 1 atom stereocenters. The van der Waals surface area contributed by atoms with Crippen molar-refractivity contribution in [2.45, 2.75) is 44.6 Å². The van der Waals surface area contributed by atoms with Crippen molar-refractivity contribution in [3.05, 3.63) is 30.5 Å². The zero-order valence-corrected chi connectivity index (χ0v) is 15.3. The Labute approximate surface area is 153 Å². The summed E-state index contributed by atoms with van der Waals surface area (Å²) >= 11 is 0. The van der Waals surface area contributed by atoms with Crippen molar-refractivity contribution in [3.63, 3.8) is 0 Å². The minimum absolute atomic E-state index is 0.283. The Morgan fingerprint density at radius 3 is 2.85 bits per heavy atom. The van der Waals surface area contributed by atoms with Crippen LogP contribution >= 0.6 is 0 Å². The average molecular weight is 350 g/mol. The van der Waals surface area contributed by atoms with E-state index in [9.17, 15) is 0 Å². The average Bonchev–Trinajstić information content (AvgIpc) is 3.28. The Morgan fingerprint density at radius 2 is 2.04 bits per heavy atom. The number of rotatable bonds is 2. The summed E-state index contributed by atoms with van der Waals surface area (Å²) in [5.74, 6) is 0.933. The highest BCUT2D eigenvalue weighted by atomic mass is 15.2. The van der Waals surface area contributed by atoms with Gasteiger partial charge in [-0.25, -0.2) is 9.97 Å². The van der Waals surface area contributed by atoms with E-state index in [-0.39, 0.29) is 5.54 Å². The topological polar surface area (TPSA) is 72.6 Å². The Kier molecular flexibility index (Phi) is 3.74. The minimum atomic E-state index is 0.283. The molecule has 5 rings (SSSR count). The lowest BCUT2D eigenvalue weighted by Crippen LogP contribution is -2.59. The molecule has 0 radical (unpaired) electrons. The number of aromatic nitrogens is 4. The number of fused-ring (bicyclic) bond motifs is 1. The van der Waals surface area contributed by atoms with E-state index in [1.807, 2.05) is 25.5 Å².